The topological polar surface area (TPSA) is 91.9 Å². The van der Waals surface area contributed by atoms with Gasteiger partial charge in [-0.05, 0) is 18.4 Å². The van der Waals surface area contributed by atoms with E-state index in [0.29, 0.717) is 11.8 Å². The Hall–Kier alpha value is -1.75. The van der Waals surface area contributed by atoms with Crippen molar-refractivity contribution in [2.45, 2.75) is 32.4 Å². The minimum Gasteiger partial charge on any atom is -0.483 e. The molecular weight excluding hydrogens is 234 g/mol. The van der Waals surface area contributed by atoms with Gasteiger partial charge in [0.1, 0.15) is 11.6 Å². The van der Waals surface area contributed by atoms with E-state index in [0.717, 1.165) is 0 Å². The van der Waals surface area contributed by atoms with E-state index >= 15 is 0 Å². The minimum absolute atomic E-state index is 0.147. The average Bonchev–Trinajstić information content (AvgIpc) is 2.35. The zero-order chi connectivity index (χ0) is 13.8. The zero-order valence-corrected chi connectivity index (χ0v) is 11.4. The number of hydrogen-bond acceptors (Lipinski definition) is 5. The fraction of sp³-hybridized carbons (Fsp3) is 0.818. The van der Waals surface area contributed by atoms with Gasteiger partial charge >= 0.3 is 0 Å². The summed E-state index contributed by atoms with van der Waals surface area (Å²) >= 11 is 0. The fourth-order valence-electron chi connectivity index (χ4n) is 1.82. The van der Waals surface area contributed by atoms with Gasteiger partial charge in [0.2, 0.25) is 11.8 Å². The van der Waals surface area contributed by atoms with E-state index < -0.39 is 5.54 Å². The van der Waals surface area contributed by atoms with Crippen LogP contribution in [0.4, 0.5) is 0 Å². The Morgan fingerprint density at radius 3 is 2.56 bits per heavy atom. The highest BCUT2D eigenvalue weighted by atomic mass is 16.5. The first-order valence-electron chi connectivity index (χ1n) is 5.75. The third-order valence-electron chi connectivity index (χ3n) is 2.80. The monoisotopic (exact) mass is 253 g/mol. The van der Waals surface area contributed by atoms with Crippen LogP contribution in [0.3, 0.4) is 0 Å². The number of methoxy groups -OCH3 is 2. The van der Waals surface area contributed by atoms with Gasteiger partial charge in [-0.1, -0.05) is 19.0 Å². The Bertz CT molecular complexity index is 412. The molecule has 0 N–H and O–H groups in total. The van der Waals surface area contributed by atoms with E-state index in [1.54, 1.807) is 14.0 Å². The Morgan fingerprint density at radius 1 is 1.44 bits per heavy atom. The Morgan fingerprint density at radius 2 is 2.11 bits per heavy atom. The molecule has 100 valence electrons. The molecule has 0 unspecified atom stereocenters. The summed E-state index contributed by atoms with van der Waals surface area (Å²) in [4.78, 5) is 11.8. The molecule has 1 aliphatic rings. The average molecular weight is 253 g/mol. The molecule has 1 heterocycles. The molecule has 1 aliphatic heterocycles. The summed E-state index contributed by atoms with van der Waals surface area (Å²) in [5, 5.41) is 3.56. The molecule has 0 fully saturated rings. The van der Waals surface area contributed by atoms with Crippen LogP contribution in [0.1, 0.15) is 20.8 Å². The van der Waals surface area contributed by atoms with Gasteiger partial charge in [-0.3, -0.25) is 0 Å². The molecule has 0 amide bonds. The third kappa shape index (κ3) is 2.73. The maximum Gasteiger partial charge on any atom is 0.212 e. The first-order chi connectivity index (χ1) is 8.48. The third-order valence-corrected chi connectivity index (χ3v) is 2.80. The fourth-order valence-corrected chi connectivity index (χ4v) is 1.82. The van der Waals surface area contributed by atoms with Crippen LogP contribution >= 0.6 is 0 Å². The molecule has 0 aromatic carbocycles. The molecule has 0 radical (unpaired) electrons. The first kappa shape index (κ1) is 14.3. The van der Waals surface area contributed by atoms with Gasteiger partial charge in [0.15, 0.2) is 0 Å². The number of hydrogen-bond donors (Lipinski definition) is 0. The molecule has 0 aromatic rings. The van der Waals surface area contributed by atoms with Crippen LogP contribution in [-0.4, -0.2) is 44.1 Å². The second kappa shape index (κ2) is 5.73. The maximum absolute atomic E-state index is 8.43. The summed E-state index contributed by atoms with van der Waals surface area (Å²) in [6, 6.07) is -0.163. The van der Waals surface area contributed by atoms with Crippen LogP contribution in [0.2, 0.25) is 0 Å². The van der Waals surface area contributed by atoms with Gasteiger partial charge in [-0.15, -0.1) is 0 Å². The lowest BCUT2D eigenvalue weighted by Crippen LogP contribution is -2.46. The van der Waals surface area contributed by atoms with E-state index in [2.05, 4.69) is 20.0 Å². The quantitative estimate of drug-likeness (QED) is 0.438. The van der Waals surface area contributed by atoms with Crippen molar-refractivity contribution in [1.82, 2.24) is 0 Å². The van der Waals surface area contributed by atoms with Gasteiger partial charge in [0.05, 0.1) is 20.8 Å². The standard InChI is InChI=1S/C11H19N5O2/c1-7(2)8-9(17-4)15-11(3,6-13-16-12)10(14-8)18-5/h7-8H,6H2,1-5H3/t8-,11+/m1/s1. The molecule has 0 spiro atoms. The van der Waals surface area contributed by atoms with Crippen LogP contribution in [0.25, 0.3) is 10.4 Å². The summed E-state index contributed by atoms with van der Waals surface area (Å²) in [5.74, 6) is 1.26. The van der Waals surface area contributed by atoms with E-state index in [-0.39, 0.29) is 18.5 Å². The number of azide groups is 1. The summed E-state index contributed by atoms with van der Waals surface area (Å²) in [7, 11) is 3.10. The van der Waals surface area contributed by atoms with Crippen LogP contribution in [-0.2, 0) is 9.47 Å². The van der Waals surface area contributed by atoms with Gasteiger partial charge in [-0.2, -0.15) is 0 Å². The molecule has 7 nitrogen and oxygen atoms in total. The molecule has 0 aliphatic carbocycles. The summed E-state index contributed by atoms with van der Waals surface area (Å²) in [5.41, 5.74) is 7.64. The van der Waals surface area contributed by atoms with Crippen LogP contribution in [0.5, 0.6) is 0 Å². The van der Waals surface area contributed by atoms with Crippen LogP contribution < -0.4 is 0 Å². The second-order valence-corrected chi connectivity index (χ2v) is 4.64. The molecule has 0 bridgehead atoms. The normalized spacial score (nSPS) is 27.1. The first-order valence-corrected chi connectivity index (χ1v) is 5.75. The molecule has 7 heteroatoms. The molecule has 2 atom stereocenters. The van der Waals surface area contributed by atoms with Gasteiger partial charge in [-0.25, -0.2) is 9.98 Å². The van der Waals surface area contributed by atoms with E-state index in [9.17, 15) is 0 Å². The van der Waals surface area contributed by atoms with Crippen molar-refractivity contribution in [3.05, 3.63) is 10.4 Å². The van der Waals surface area contributed by atoms with Crippen molar-refractivity contribution in [3.8, 4) is 0 Å². The molecule has 0 saturated carbocycles. The van der Waals surface area contributed by atoms with E-state index in [1.807, 2.05) is 13.8 Å². The Labute approximate surface area is 107 Å². The van der Waals surface area contributed by atoms with Gasteiger partial charge in [0, 0.05) is 4.91 Å². The second-order valence-electron chi connectivity index (χ2n) is 4.64. The van der Waals surface area contributed by atoms with Crippen LogP contribution in [0, 0.1) is 5.92 Å². The Kier molecular flexibility index (Phi) is 4.55. The number of nitrogens with zero attached hydrogens (tertiary/aromatic N) is 5. The lowest BCUT2D eigenvalue weighted by molar-refractivity contribution is 0.312. The van der Waals surface area contributed by atoms with E-state index in [1.165, 1.54) is 7.11 Å². The molecule has 0 aromatic heterocycles. The lowest BCUT2D eigenvalue weighted by Gasteiger charge is -2.32. The number of rotatable bonds is 3. The number of ether oxygens (including phenoxy) is 2. The smallest absolute Gasteiger partial charge is 0.212 e. The predicted molar refractivity (Wildman–Crippen MR) is 69.9 cm³/mol. The minimum atomic E-state index is -0.794. The summed E-state index contributed by atoms with van der Waals surface area (Å²) in [6.45, 7) is 6.02. The molecular formula is C11H19N5O2. The maximum atomic E-state index is 8.43. The van der Waals surface area contributed by atoms with Crippen molar-refractivity contribution in [1.29, 1.82) is 0 Å². The van der Waals surface area contributed by atoms with Crippen molar-refractivity contribution in [2.75, 3.05) is 20.8 Å². The van der Waals surface area contributed by atoms with Crippen molar-refractivity contribution >= 4 is 11.8 Å². The van der Waals surface area contributed by atoms with Crippen LogP contribution in [0.15, 0.2) is 15.1 Å². The zero-order valence-electron chi connectivity index (χ0n) is 11.4. The largest absolute Gasteiger partial charge is 0.483 e. The molecule has 18 heavy (non-hydrogen) atoms. The SMILES string of the molecule is COC1=N[C@@](C)(CN=[N+]=[N-])C(OC)=N[C@@H]1C(C)C. The van der Waals surface area contributed by atoms with Gasteiger partial charge in [0.25, 0.3) is 0 Å². The summed E-state index contributed by atoms with van der Waals surface area (Å²) < 4.78 is 10.6. The highest BCUT2D eigenvalue weighted by molar-refractivity contribution is 5.96. The number of aliphatic imine (C=N–C) groups is 2. The molecule has 0 saturated heterocycles. The van der Waals surface area contributed by atoms with E-state index in [4.69, 9.17) is 15.0 Å². The molecule has 1 rings (SSSR count). The highest BCUT2D eigenvalue weighted by Crippen LogP contribution is 2.25. The van der Waals surface area contributed by atoms with Crippen molar-refractivity contribution in [3.63, 3.8) is 0 Å². The summed E-state index contributed by atoms with van der Waals surface area (Å²) in [6.07, 6.45) is 0. The Balaban J connectivity index is 3.16. The van der Waals surface area contributed by atoms with Crippen molar-refractivity contribution in [2.24, 2.45) is 21.0 Å². The lowest BCUT2D eigenvalue weighted by atomic mass is 9.97. The van der Waals surface area contributed by atoms with Crippen molar-refractivity contribution < 1.29 is 9.47 Å². The highest BCUT2D eigenvalue weighted by Gasteiger charge is 2.39. The van der Waals surface area contributed by atoms with Gasteiger partial charge < -0.3 is 9.47 Å². The predicted octanol–water partition coefficient (Wildman–Crippen LogP) is 2.18.